The smallest absolute Gasteiger partial charge is 0.308 e. The van der Waals surface area contributed by atoms with Crippen LogP contribution in [0.2, 0.25) is 0 Å². The van der Waals surface area contributed by atoms with Crippen LogP contribution in [0.5, 0.6) is 0 Å². The van der Waals surface area contributed by atoms with Gasteiger partial charge in [0.2, 0.25) is 0 Å². The van der Waals surface area contributed by atoms with Crippen LogP contribution in [-0.4, -0.2) is 43.4 Å². The molecule has 1 aliphatic rings. The molecule has 1 saturated heterocycles. The first-order valence-electron chi connectivity index (χ1n) is 6.59. The molecule has 0 bridgehead atoms. The minimum absolute atomic E-state index is 0.00641. The number of carbonyl (C=O) groups excluding carboxylic acids is 2. The number of Topliss-reactive ketones (excluding diaryl/α,β-unsaturated/α-hetero) is 1. The van der Waals surface area contributed by atoms with Gasteiger partial charge in [-0.25, -0.2) is 0 Å². The van der Waals surface area contributed by atoms with Gasteiger partial charge < -0.3 is 4.74 Å². The van der Waals surface area contributed by atoms with Crippen molar-refractivity contribution in [2.75, 3.05) is 26.7 Å². The summed E-state index contributed by atoms with van der Waals surface area (Å²) < 4.78 is 4.75. The van der Waals surface area contributed by atoms with Gasteiger partial charge in [0.05, 0.1) is 19.6 Å². The van der Waals surface area contributed by atoms with E-state index in [1.807, 2.05) is 30.3 Å². The third-order valence-corrected chi connectivity index (χ3v) is 3.59. The van der Waals surface area contributed by atoms with Crippen LogP contribution in [0, 0.1) is 5.92 Å². The number of likely N-dealkylation sites (tertiary alicyclic amines) is 1. The van der Waals surface area contributed by atoms with Gasteiger partial charge in [-0.3, -0.25) is 14.5 Å². The Morgan fingerprint density at radius 3 is 2.42 bits per heavy atom. The lowest BCUT2D eigenvalue weighted by atomic mass is 9.96. The van der Waals surface area contributed by atoms with Gasteiger partial charge in [-0.05, 0) is 25.9 Å². The number of piperidine rings is 1. The Morgan fingerprint density at radius 1 is 1.21 bits per heavy atom. The monoisotopic (exact) mass is 261 g/mol. The molecule has 0 N–H and O–H groups in total. The summed E-state index contributed by atoms with van der Waals surface area (Å²) in [6, 6.07) is 9.32. The van der Waals surface area contributed by atoms with Crippen molar-refractivity contribution in [1.82, 2.24) is 4.90 Å². The average Bonchev–Trinajstić information content (AvgIpc) is 2.48. The summed E-state index contributed by atoms with van der Waals surface area (Å²) in [5.74, 6) is -0.000712. The van der Waals surface area contributed by atoms with Crippen LogP contribution in [0.15, 0.2) is 30.3 Å². The first-order valence-corrected chi connectivity index (χ1v) is 6.59. The Bertz CT molecular complexity index is 436. The Kier molecular flexibility index (Phi) is 4.68. The predicted molar refractivity (Wildman–Crippen MR) is 72.0 cm³/mol. The number of rotatable bonds is 4. The molecule has 1 heterocycles. The van der Waals surface area contributed by atoms with E-state index in [1.165, 1.54) is 7.11 Å². The van der Waals surface area contributed by atoms with E-state index >= 15 is 0 Å². The molecule has 0 atom stereocenters. The van der Waals surface area contributed by atoms with Crippen LogP contribution in [-0.2, 0) is 9.53 Å². The van der Waals surface area contributed by atoms with Crippen molar-refractivity contribution >= 4 is 11.8 Å². The third kappa shape index (κ3) is 3.64. The molecule has 1 aromatic carbocycles. The Balaban J connectivity index is 1.83. The summed E-state index contributed by atoms with van der Waals surface area (Å²) >= 11 is 0. The lowest BCUT2D eigenvalue weighted by Gasteiger charge is -2.29. The van der Waals surface area contributed by atoms with E-state index in [2.05, 4.69) is 4.90 Å². The fraction of sp³-hybridized carbons (Fsp3) is 0.467. The molecular formula is C15H19NO3. The molecule has 4 nitrogen and oxygen atoms in total. The van der Waals surface area contributed by atoms with Crippen molar-refractivity contribution in [3.05, 3.63) is 35.9 Å². The Hall–Kier alpha value is -1.68. The summed E-state index contributed by atoms with van der Waals surface area (Å²) in [4.78, 5) is 25.6. The van der Waals surface area contributed by atoms with Gasteiger partial charge in [0.15, 0.2) is 5.78 Å². The SMILES string of the molecule is COC(=O)C1CCN(CC(=O)c2ccccc2)CC1. The molecule has 0 amide bonds. The van der Waals surface area contributed by atoms with Gasteiger partial charge in [0, 0.05) is 5.56 Å². The van der Waals surface area contributed by atoms with Crippen molar-refractivity contribution in [3.63, 3.8) is 0 Å². The molecule has 1 aromatic rings. The zero-order chi connectivity index (χ0) is 13.7. The van der Waals surface area contributed by atoms with Gasteiger partial charge in [-0.2, -0.15) is 0 Å². The van der Waals surface area contributed by atoms with E-state index in [1.54, 1.807) is 0 Å². The third-order valence-electron chi connectivity index (χ3n) is 3.59. The number of nitrogens with zero attached hydrogens (tertiary/aromatic N) is 1. The van der Waals surface area contributed by atoms with E-state index in [0.29, 0.717) is 6.54 Å². The number of carbonyl (C=O) groups is 2. The molecule has 0 aliphatic carbocycles. The van der Waals surface area contributed by atoms with Gasteiger partial charge in [0.1, 0.15) is 0 Å². The van der Waals surface area contributed by atoms with Crippen molar-refractivity contribution in [2.45, 2.75) is 12.8 Å². The second kappa shape index (κ2) is 6.48. The van der Waals surface area contributed by atoms with Gasteiger partial charge in [-0.1, -0.05) is 30.3 Å². The first kappa shape index (κ1) is 13.7. The highest BCUT2D eigenvalue weighted by Crippen LogP contribution is 2.18. The molecule has 0 aromatic heterocycles. The first-order chi connectivity index (χ1) is 9.20. The van der Waals surface area contributed by atoms with E-state index in [-0.39, 0.29) is 17.7 Å². The van der Waals surface area contributed by atoms with Crippen LogP contribution in [0.3, 0.4) is 0 Å². The summed E-state index contributed by atoms with van der Waals surface area (Å²) in [7, 11) is 1.42. The number of hydrogen-bond acceptors (Lipinski definition) is 4. The zero-order valence-electron chi connectivity index (χ0n) is 11.2. The van der Waals surface area contributed by atoms with Gasteiger partial charge >= 0.3 is 5.97 Å². The van der Waals surface area contributed by atoms with E-state index < -0.39 is 0 Å². The zero-order valence-corrected chi connectivity index (χ0v) is 11.2. The van der Waals surface area contributed by atoms with E-state index in [9.17, 15) is 9.59 Å². The average molecular weight is 261 g/mol. The van der Waals surface area contributed by atoms with Crippen molar-refractivity contribution in [2.24, 2.45) is 5.92 Å². The lowest BCUT2D eigenvalue weighted by Crippen LogP contribution is -2.39. The summed E-state index contributed by atoms with van der Waals surface area (Å²) in [6.45, 7) is 1.98. The number of benzene rings is 1. The van der Waals surface area contributed by atoms with Gasteiger partial charge in [0.25, 0.3) is 0 Å². The number of ketones is 1. The number of methoxy groups -OCH3 is 1. The predicted octanol–water partition coefficient (Wildman–Crippen LogP) is 1.75. The molecule has 1 aliphatic heterocycles. The van der Waals surface area contributed by atoms with Crippen molar-refractivity contribution in [3.8, 4) is 0 Å². The number of esters is 1. The highest BCUT2D eigenvalue weighted by molar-refractivity contribution is 5.97. The quantitative estimate of drug-likeness (QED) is 0.612. The van der Waals surface area contributed by atoms with Crippen LogP contribution in [0.4, 0.5) is 0 Å². The maximum atomic E-state index is 12.1. The molecule has 0 spiro atoms. The maximum absolute atomic E-state index is 12.1. The topological polar surface area (TPSA) is 46.6 Å². The molecule has 19 heavy (non-hydrogen) atoms. The summed E-state index contributed by atoms with van der Waals surface area (Å²) in [5, 5.41) is 0. The van der Waals surface area contributed by atoms with E-state index in [4.69, 9.17) is 4.74 Å². The molecule has 1 fully saturated rings. The standard InChI is InChI=1S/C15H19NO3/c1-19-15(18)13-7-9-16(10-8-13)11-14(17)12-5-3-2-4-6-12/h2-6,13H,7-11H2,1H3. The minimum Gasteiger partial charge on any atom is -0.469 e. The lowest BCUT2D eigenvalue weighted by molar-refractivity contribution is -0.146. The summed E-state index contributed by atoms with van der Waals surface area (Å²) in [5.41, 5.74) is 0.748. The van der Waals surface area contributed by atoms with Gasteiger partial charge in [-0.15, -0.1) is 0 Å². The summed E-state index contributed by atoms with van der Waals surface area (Å²) in [6.07, 6.45) is 1.55. The van der Waals surface area contributed by atoms with Crippen LogP contribution in [0.1, 0.15) is 23.2 Å². The molecule has 0 radical (unpaired) electrons. The second-order valence-electron chi connectivity index (χ2n) is 4.86. The van der Waals surface area contributed by atoms with Crippen LogP contribution < -0.4 is 0 Å². The van der Waals surface area contributed by atoms with Crippen LogP contribution in [0.25, 0.3) is 0 Å². The highest BCUT2D eigenvalue weighted by atomic mass is 16.5. The minimum atomic E-state index is -0.131. The highest BCUT2D eigenvalue weighted by Gasteiger charge is 2.26. The fourth-order valence-electron chi connectivity index (χ4n) is 2.41. The van der Waals surface area contributed by atoms with Crippen molar-refractivity contribution in [1.29, 1.82) is 0 Å². The number of hydrogen-bond donors (Lipinski definition) is 0. The second-order valence-corrected chi connectivity index (χ2v) is 4.86. The van der Waals surface area contributed by atoms with Crippen molar-refractivity contribution < 1.29 is 14.3 Å². The molecule has 0 saturated carbocycles. The Labute approximate surface area is 113 Å². The normalized spacial score (nSPS) is 17.1. The molecule has 0 unspecified atom stereocenters. The van der Waals surface area contributed by atoms with Crippen LogP contribution >= 0.6 is 0 Å². The Morgan fingerprint density at radius 2 is 1.84 bits per heavy atom. The molecule has 4 heteroatoms. The number of ether oxygens (including phenoxy) is 1. The van der Waals surface area contributed by atoms with E-state index in [0.717, 1.165) is 31.5 Å². The molecule has 2 rings (SSSR count). The molecular weight excluding hydrogens is 242 g/mol. The molecule has 102 valence electrons. The maximum Gasteiger partial charge on any atom is 0.308 e. The fourth-order valence-corrected chi connectivity index (χ4v) is 2.41. The largest absolute Gasteiger partial charge is 0.469 e.